The molecule has 2 fully saturated rings. The second-order valence-electron chi connectivity index (χ2n) is 7.04. The smallest absolute Gasteiger partial charge is 0.251 e. The fraction of sp³-hybridized carbons (Fsp3) is 0.632. The van der Waals surface area contributed by atoms with Gasteiger partial charge in [-0.3, -0.25) is 4.79 Å². The summed E-state index contributed by atoms with van der Waals surface area (Å²) >= 11 is 0. The topological polar surface area (TPSA) is 44.4 Å². The largest absolute Gasteiger partial charge is 0.352 e. The molecule has 0 spiro atoms. The molecule has 2 saturated heterocycles. The molecule has 2 heterocycles. The fourth-order valence-corrected chi connectivity index (χ4v) is 3.84. The molecule has 4 nitrogen and oxygen atoms in total. The molecule has 1 unspecified atom stereocenters. The number of rotatable bonds is 5. The van der Waals surface area contributed by atoms with Crippen molar-refractivity contribution in [2.45, 2.75) is 25.7 Å². The minimum atomic E-state index is 0. The molecule has 0 aliphatic carbocycles. The van der Waals surface area contributed by atoms with Gasteiger partial charge >= 0.3 is 0 Å². The van der Waals surface area contributed by atoms with Crippen LogP contribution >= 0.6 is 12.4 Å². The third kappa shape index (κ3) is 5.76. The highest BCUT2D eigenvalue weighted by molar-refractivity contribution is 5.94. The van der Waals surface area contributed by atoms with Crippen LogP contribution in [0.2, 0.25) is 0 Å². The van der Waals surface area contributed by atoms with E-state index in [0.717, 1.165) is 24.6 Å². The van der Waals surface area contributed by atoms with Gasteiger partial charge in [0, 0.05) is 25.2 Å². The molecule has 1 aromatic carbocycles. The van der Waals surface area contributed by atoms with Crippen molar-refractivity contribution < 1.29 is 4.79 Å². The standard InChI is InChI=1S/C19H29N3O.ClH/c23-19(18-6-2-1-3-7-18)21-13-17-5-4-12-22(15-17)14-16-8-10-20-11-9-16;/h1-3,6-7,16-17,20H,4-5,8-15H2,(H,21,23);1H. The van der Waals surface area contributed by atoms with Crippen LogP contribution in [0.25, 0.3) is 0 Å². The lowest BCUT2D eigenvalue weighted by Crippen LogP contribution is -2.44. The van der Waals surface area contributed by atoms with E-state index in [-0.39, 0.29) is 18.3 Å². The molecule has 0 radical (unpaired) electrons. The minimum Gasteiger partial charge on any atom is -0.352 e. The highest BCUT2D eigenvalue weighted by atomic mass is 35.5. The Morgan fingerprint density at radius 3 is 2.62 bits per heavy atom. The predicted octanol–water partition coefficient (Wildman–Crippen LogP) is 2.55. The maximum Gasteiger partial charge on any atom is 0.251 e. The van der Waals surface area contributed by atoms with Crippen LogP contribution in [0.3, 0.4) is 0 Å². The van der Waals surface area contributed by atoms with Gasteiger partial charge < -0.3 is 15.5 Å². The van der Waals surface area contributed by atoms with Crippen LogP contribution in [0.15, 0.2) is 30.3 Å². The van der Waals surface area contributed by atoms with Crippen molar-refractivity contribution in [2.24, 2.45) is 11.8 Å². The maximum atomic E-state index is 12.2. The molecule has 3 rings (SSSR count). The molecule has 0 aromatic heterocycles. The summed E-state index contributed by atoms with van der Waals surface area (Å²) < 4.78 is 0. The first-order valence-corrected chi connectivity index (χ1v) is 9.07. The molecule has 0 bridgehead atoms. The maximum absolute atomic E-state index is 12.2. The first-order chi connectivity index (χ1) is 11.3. The van der Waals surface area contributed by atoms with E-state index in [4.69, 9.17) is 0 Å². The molecule has 1 amide bonds. The van der Waals surface area contributed by atoms with E-state index >= 15 is 0 Å². The Morgan fingerprint density at radius 2 is 1.88 bits per heavy atom. The van der Waals surface area contributed by atoms with Crippen LogP contribution in [-0.2, 0) is 0 Å². The van der Waals surface area contributed by atoms with Crippen molar-refractivity contribution in [3.63, 3.8) is 0 Å². The van der Waals surface area contributed by atoms with Crippen LogP contribution < -0.4 is 10.6 Å². The quantitative estimate of drug-likeness (QED) is 0.856. The molecule has 24 heavy (non-hydrogen) atoms. The van der Waals surface area contributed by atoms with E-state index in [2.05, 4.69) is 15.5 Å². The van der Waals surface area contributed by atoms with Gasteiger partial charge in [-0.2, -0.15) is 0 Å². The Labute approximate surface area is 151 Å². The van der Waals surface area contributed by atoms with Crippen molar-refractivity contribution >= 4 is 18.3 Å². The van der Waals surface area contributed by atoms with E-state index < -0.39 is 0 Å². The lowest BCUT2D eigenvalue weighted by Gasteiger charge is -2.36. The third-order valence-electron chi connectivity index (χ3n) is 5.17. The molecular formula is C19H30ClN3O. The van der Waals surface area contributed by atoms with Crippen LogP contribution in [0.1, 0.15) is 36.0 Å². The number of benzene rings is 1. The summed E-state index contributed by atoms with van der Waals surface area (Å²) in [7, 11) is 0. The molecule has 2 aliphatic rings. The van der Waals surface area contributed by atoms with Crippen LogP contribution in [0.5, 0.6) is 0 Å². The van der Waals surface area contributed by atoms with E-state index in [1.54, 1.807) is 0 Å². The number of hydrogen-bond acceptors (Lipinski definition) is 3. The van der Waals surface area contributed by atoms with Crippen molar-refractivity contribution in [1.29, 1.82) is 0 Å². The number of likely N-dealkylation sites (tertiary alicyclic amines) is 1. The van der Waals surface area contributed by atoms with Gasteiger partial charge in [-0.1, -0.05) is 18.2 Å². The van der Waals surface area contributed by atoms with Gasteiger partial charge in [0.2, 0.25) is 0 Å². The minimum absolute atomic E-state index is 0. The Hall–Kier alpha value is -1.10. The summed E-state index contributed by atoms with van der Waals surface area (Å²) in [4.78, 5) is 14.8. The number of halogens is 1. The highest BCUT2D eigenvalue weighted by Crippen LogP contribution is 2.20. The molecular weight excluding hydrogens is 322 g/mol. The molecule has 0 saturated carbocycles. The summed E-state index contributed by atoms with van der Waals surface area (Å²) in [5.41, 5.74) is 0.759. The molecule has 1 aromatic rings. The first-order valence-electron chi connectivity index (χ1n) is 9.07. The summed E-state index contributed by atoms with van der Waals surface area (Å²) in [5, 5.41) is 6.56. The Kier molecular flexibility index (Phi) is 8.03. The summed E-state index contributed by atoms with van der Waals surface area (Å²) in [5.74, 6) is 1.51. The Balaban J connectivity index is 0.00000208. The van der Waals surface area contributed by atoms with E-state index in [1.165, 1.54) is 51.9 Å². The first kappa shape index (κ1) is 19.2. The second kappa shape index (κ2) is 10.0. The summed E-state index contributed by atoms with van der Waals surface area (Å²) in [6.07, 6.45) is 5.12. The Bertz CT molecular complexity index is 491. The Morgan fingerprint density at radius 1 is 1.12 bits per heavy atom. The van der Waals surface area contributed by atoms with Gasteiger partial charge in [-0.15, -0.1) is 12.4 Å². The van der Waals surface area contributed by atoms with E-state index in [9.17, 15) is 4.79 Å². The zero-order valence-electron chi connectivity index (χ0n) is 14.4. The zero-order chi connectivity index (χ0) is 15.9. The molecule has 134 valence electrons. The number of carbonyl (C=O) groups excluding carboxylic acids is 1. The van der Waals surface area contributed by atoms with Gasteiger partial charge in [0.1, 0.15) is 0 Å². The van der Waals surface area contributed by atoms with Gasteiger partial charge in [0.25, 0.3) is 5.91 Å². The highest BCUT2D eigenvalue weighted by Gasteiger charge is 2.23. The molecule has 2 N–H and O–H groups in total. The van der Waals surface area contributed by atoms with Crippen molar-refractivity contribution in [3.8, 4) is 0 Å². The van der Waals surface area contributed by atoms with E-state index in [1.807, 2.05) is 30.3 Å². The fourth-order valence-electron chi connectivity index (χ4n) is 3.84. The SMILES string of the molecule is Cl.O=C(NCC1CCCN(CC2CCNCC2)C1)c1ccccc1. The zero-order valence-corrected chi connectivity index (χ0v) is 15.2. The van der Waals surface area contributed by atoms with Crippen LogP contribution in [0, 0.1) is 11.8 Å². The molecule has 1 atom stereocenters. The number of carbonyl (C=O) groups is 1. The van der Waals surface area contributed by atoms with Gasteiger partial charge in [0.05, 0.1) is 0 Å². The van der Waals surface area contributed by atoms with Crippen molar-refractivity contribution in [1.82, 2.24) is 15.5 Å². The second-order valence-corrected chi connectivity index (χ2v) is 7.04. The molecule has 2 aliphatic heterocycles. The number of amides is 1. The number of hydrogen-bond donors (Lipinski definition) is 2. The van der Waals surface area contributed by atoms with E-state index in [0.29, 0.717) is 5.92 Å². The average Bonchev–Trinajstić information content (AvgIpc) is 2.62. The number of piperidine rings is 2. The van der Waals surface area contributed by atoms with Crippen LogP contribution in [-0.4, -0.2) is 50.1 Å². The van der Waals surface area contributed by atoms with Crippen molar-refractivity contribution in [3.05, 3.63) is 35.9 Å². The van der Waals surface area contributed by atoms with Crippen molar-refractivity contribution in [2.75, 3.05) is 39.3 Å². The lowest BCUT2D eigenvalue weighted by molar-refractivity contribution is 0.0924. The lowest BCUT2D eigenvalue weighted by atomic mass is 9.93. The molecule has 5 heteroatoms. The average molecular weight is 352 g/mol. The summed E-state index contributed by atoms with van der Waals surface area (Å²) in [6.45, 7) is 6.76. The van der Waals surface area contributed by atoms with Gasteiger partial charge in [-0.25, -0.2) is 0 Å². The third-order valence-corrected chi connectivity index (χ3v) is 5.17. The van der Waals surface area contributed by atoms with Gasteiger partial charge in [-0.05, 0) is 69.3 Å². The summed E-state index contributed by atoms with van der Waals surface area (Å²) in [6, 6.07) is 9.52. The van der Waals surface area contributed by atoms with Crippen LogP contribution in [0.4, 0.5) is 0 Å². The normalized spacial score (nSPS) is 22.6. The number of nitrogens with one attached hydrogen (secondary N) is 2. The monoisotopic (exact) mass is 351 g/mol. The van der Waals surface area contributed by atoms with Gasteiger partial charge in [0.15, 0.2) is 0 Å². The predicted molar refractivity (Wildman–Crippen MR) is 101 cm³/mol. The number of nitrogens with zero attached hydrogens (tertiary/aromatic N) is 1.